The van der Waals surface area contributed by atoms with Crippen molar-refractivity contribution in [3.63, 3.8) is 0 Å². The van der Waals surface area contributed by atoms with Crippen LogP contribution in [0.3, 0.4) is 0 Å². The van der Waals surface area contributed by atoms with Crippen LogP contribution in [0.25, 0.3) is 43.1 Å². The van der Waals surface area contributed by atoms with Gasteiger partial charge < -0.3 is 9.90 Å². The maximum atomic E-state index is 11.8. The maximum Gasteiger partial charge on any atom is 0.311 e. The molecule has 3 nitrogen and oxygen atoms in total. The maximum absolute atomic E-state index is 11.8. The van der Waals surface area contributed by atoms with Crippen LogP contribution in [0.15, 0.2) is 66.7 Å². The number of rotatable bonds is 4. The lowest BCUT2D eigenvalue weighted by Crippen LogP contribution is -2.12. The fourth-order valence-corrected chi connectivity index (χ4v) is 4.34. The van der Waals surface area contributed by atoms with Crippen molar-refractivity contribution in [2.24, 2.45) is 0 Å². The lowest BCUT2D eigenvalue weighted by atomic mass is 9.85. The molecule has 0 aliphatic heterocycles. The Morgan fingerprint density at radius 2 is 1.52 bits per heavy atom. The monoisotopic (exact) mass is 352 g/mol. The van der Waals surface area contributed by atoms with Crippen LogP contribution >= 0.6 is 0 Å². The molecule has 0 radical (unpaired) electrons. The fraction of sp³-hybridized carbons (Fsp3) is 0.0833. The molecule has 0 fully saturated rings. The lowest BCUT2D eigenvalue weighted by molar-refractivity contribution is -0.139. The molecular weight excluding hydrogens is 336 g/mol. The van der Waals surface area contributed by atoms with E-state index < -0.39 is 11.9 Å². The topological polar surface area (TPSA) is 54.4 Å². The Morgan fingerprint density at radius 3 is 2.33 bits per heavy atom. The summed E-state index contributed by atoms with van der Waals surface area (Å²) in [6, 6.07) is 22.6. The van der Waals surface area contributed by atoms with Gasteiger partial charge in [-0.2, -0.15) is 0 Å². The van der Waals surface area contributed by atoms with Gasteiger partial charge in [0.05, 0.1) is 5.92 Å². The van der Waals surface area contributed by atoms with Crippen LogP contribution in [0.5, 0.6) is 0 Å². The summed E-state index contributed by atoms with van der Waals surface area (Å²) >= 11 is 0. The quantitative estimate of drug-likeness (QED) is 0.264. The van der Waals surface area contributed by atoms with E-state index in [2.05, 4.69) is 36.4 Å². The third kappa shape index (κ3) is 2.21. The minimum absolute atomic E-state index is 0.0256. The van der Waals surface area contributed by atoms with E-state index in [1.54, 1.807) is 0 Å². The van der Waals surface area contributed by atoms with Crippen LogP contribution < -0.4 is 0 Å². The third-order valence-corrected chi connectivity index (χ3v) is 5.55. The summed E-state index contributed by atoms with van der Waals surface area (Å²) in [6.45, 7) is 0. The number of carbonyl (C=O) groups is 2. The number of hydrogen-bond donors (Lipinski definition) is 1. The first-order valence-corrected chi connectivity index (χ1v) is 8.94. The Bertz CT molecular complexity index is 1350. The number of carboxylic acids is 1. The zero-order valence-corrected chi connectivity index (χ0v) is 14.5. The molecule has 0 bridgehead atoms. The standard InChI is InChI=1S/C24H16O3/c25-12-11-21(24(26)27)18-8-7-14-5-6-16-13-15-3-1-2-4-17(15)19-9-10-20(18)22(14)23(16)19/h1-10,12-13,21H,11H2,(H,26,27). The van der Waals surface area contributed by atoms with Gasteiger partial charge in [0.1, 0.15) is 6.29 Å². The van der Waals surface area contributed by atoms with Crippen LogP contribution in [0.1, 0.15) is 17.9 Å². The van der Waals surface area contributed by atoms with Gasteiger partial charge in [-0.3, -0.25) is 4.79 Å². The Labute approximate surface area is 155 Å². The third-order valence-electron chi connectivity index (χ3n) is 5.55. The molecular formula is C24H16O3. The molecule has 130 valence electrons. The molecule has 0 aromatic heterocycles. The second kappa shape index (κ2) is 5.78. The van der Waals surface area contributed by atoms with E-state index in [0.717, 1.165) is 26.9 Å². The summed E-state index contributed by atoms with van der Waals surface area (Å²) < 4.78 is 0. The molecule has 1 atom stereocenters. The van der Waals surface area contributed by atoms with Gasteiger partial charge in [-0.25, -0.2) is 0 Å². The largest absolute Gasteiger partial charge is 0.481 e. The summed E-state index contributed by atoms with van der Waals surface area (Å²) in [7, 11) is 0. The molecule has 0 aliphatic carbocycles. The molecule has 5 aromatic rings. The smallest absolute Gasteiger partial charge is 0.311 e. The summed E-state index contributed by atoms with van der Waals surface area (Å²) in [5, 5.41) is 18.5. The van der Waals surface area contributed by atoms with Gasteiger partial charge in [0.25, 0.3) is 0 Å². The zero-order valence-electron chi connectivity index (χ0n) is 14.5. The van der Waals surface area contributed by atoms with Gasteiger partial charge in [-0.15, -0.1) is 0 Å². The average molecular weight is 352 g/mol. The van der Waals surface area contributed by atoms with E-state index in [4.69, 9.17) is 0 Å². The Balaban J connectivity index is 1.97. The van der Waals surface area contributed by atoms with Crippen LogP contribution in [0.2, 0.25) is 0 Å². The number of aldehydes is 1. The fourth-order valence-electron chi connectivity index (χ4n) is 4.34. The van der Waals surface area contributed by atoms with Gasteiger partial charge in [0.15, 0.2) is 0 Å². The van der Waals surface area contributed by atoms with Crippen LogP contribution in [0.4, 0.5) is 0 Å². The van der Waals surface area contributed by atoms with Gasteiger partial charge >= 0.3 is 5.97 Å². The Hall–Kier alpha value is -3.46. The van der Waals surface area contributed by atoms with Gasteiger partial charge in [-0.1, -0.05) is 60.7 Å². The molecule has 0 saturated heterocycles. The minimum Gasteiger partial charge on any atom is -0.481 e. The van der Waals surface area contributed by atoms with Crippen molar-refractivity contribution in [3.8, 4) is 0 Å². The van der Waals surface area contributed by atoms with Crippen molar-refractivity contribution < 1.29 is 14.7 Å². The van der Waals surface area contributed by atoms with E-state index in [0.29, 0.717) is 11.8 Å². The summed E-state index contributed by atoms with van der Waals surface area (Å²) in [4.78, 5) is 22.8. The van der Waals surface area contributed by atoms with Crippen molar-refractivity contribution in [2.75, 3.05) is 0 Å². The van der Waals surface area contributed by atoms with Gasteiger partial charge in [0, 0.05) is 6.42 Å². The number of carboxylic acid groups (broad SMARTS) is 1. The second-order valence-corrected chi connectivity index (χ2v) is 6.97. The van der Waals surface area contributed by atoms with E-state index in [1.165, 1.54) is 16.2 Å². The molecule has 0 aliphatic rings. The van der Waals surface area contributed by atoms with E-state index >= 15 is 0 Å². The average Bonchev–Trinajstić information content (AvgIpc) is 2.69. The first kappa shape index (κ1) is 15.8. The van der Waals surface area contributed by atoms with Crippen LogP contribution in [0, 0.1) is 0 Å². The summed E-state index contributed by atoms with van der Waals surface area (Å²) in [5.41, 5.74) is 0.699. The minimum atomic E-state index is -0.970. The normalized spacial score (nSPS) is 12.9. The molecule has 1 N–H and O–H groups in total. The van der Waals surface area contributed by atoms with E-state index in [9.17, 15) is 14.7 Å². The number of benzene rings is 5. The molecule has 27 heavy (non-hydrogen) atoms. The number of aliphatic carboxylic acids is 1. The highest BCUT2D eigenvalue weighted by Gasteiger charge is 2.23. The van der Waals surface area contributed by atoms with Crippen molar-refractivity contribution in [1.29, 1.82) is 0 Å². The predicted molar refractivity (Wildman–Crippen MR) is 109 cm³/mol. The molecule has 0 heterocycles. The lowest BCUT2D eigenvalue weighted by Gasteiger charge is -2.18. The molecule has 5 rings (SSSR count). The van der Waals surface area contributed by atoms with Crippen LogP contribution in [-0.2, 0) is 9.59 Å². The first-order valence-electron chi connectivity index (χ1n) is 8.94. The molecule has 0 amide bonds. The molecule has 0 saturated carbocycles. The summed E-state index contributed by atoms with van der Waals surface area (Å²) in [5.74, 6) is -1.80. The van der Waals surface area contributed by atoms with Crippen molar-refractivity contribution in [1.82, 2.24) is 0 Å². The highest BCUT2D eigenvalue weighted by molar-refractivity contribution is 6.29. The van der Waals surface area contributed by atoms with Crippen molar-refractivity contribution in [3.05, 3.63) is 72.3 Å². The first-order chi connectivity index (χ1) is 13.2. The molecule has 3 heteroatoms. The highest BCUT2D eigenvalue weighted by Crippen LogP contribution is 2.41. The van der Waals surface area contributed by atoms with E-state index in [-0.39, 0.29) is 6.42 Å². The van der Waals surface area contributed by atoms with Crippen molar-refractivity contribution >= 4 is 55.3 Å². The second-order valence-electron chi connectivity index (χ2n) is 6.97. The molecule has 1 unspecified atom stereocenters. The number of fused-ring (bicyclic) bond motifs is 2. The zero-order chi connectivity index (χ0) is 18.5. The Kier molecular flexibility index (Phi) is 3.37. The number of hydrogen-bond acceptors (Lipinski definition) is 2. The molecule has 0 spiro atoms. The van der Waals surface area contributed by atoms with Crippen molar-refractivity contribution in [2.45, 2.75) is 12.3 Å². The number of carbonyl (C=O) groups excluding carboxylic acids is 1. The highest BCUT2D eigenvalue weighted by atomic mass is 16.4. The van der Waals surface area contributed by atoms with Crippen LogP contribution in [-0.4, -0.2) is 17.4 Å². The Morgan fingerprint density at radius 1 is 0.815 bits per heavy atom. The van der Waals surface area contributed by atoms with Gasteiger partial charge in [-0.05, 0) is 54.7 Å². The van der Waals surface area contributed by atoms with E-state index in [1.807, 2.05) is 30.3 Å². The predicted octanol–water partition coefficient (Wildman–Crippen LogP) is 5.49. The summed E-state index contributed by atoms with van der Waals surface area (Å²) in [6.07, 6.45) is 0.659. The molecule has 5 aromatic carbocycles. The SMILES string of the molecule is O=CCC(C(=O)O)c1ccc2ccc3cc4ccccc4c4ccc1c2c34. The van der Waals surface area contributed by atoms with Gasteiger partial charge in [0.2, 0.25) is 0 Å².